The standard InChI is InChI=1S/C41H29N2O.C12H10N.Ir/c1-28-23-33(31-15-7-3-8-16-31)40(34(24-28)32-17-9-4-10-18-32)43-38-20-12-11-19-37(38)42-41(43)36-27-44-39-22-21-30(26-35(36)39)25-29-13-5-2-6-14-29;1-10-7-8-12(13-9-10)11-5-3-2-4-6-11;/h2-24,26H,25H2,1H3;2-5,7-9H,1H3;/q2*-1;/i;1D3;. The summed E-state index contributed by atoms with van der Waals surface area (Å²) in [4.78, 5) is 9.38. The Hall–Kier alpha value is -6.65. The fourth-order valence-corrected chi connectivity index (χ4v) is 7.35. The molecule has 283 valence electrons. The SMILES string of the molecule is Cc1cc(-c2ccccc2)c(-n2c(-c3[c-]oc4ccc(Cc5ccccc5)cc34)nc3ccccc32)c(-c2ccccc2)c1.[2H]C([2H])([2H])c1ccc(-c2[c-]cccc2)nc1.[Ir]. The van der Waals surface area contributed by atoms with E-state index in [9.17, 15) is 0 Å². The number of para-hydroxylation sites is 2. The number of fused-ring (bicyclic) bond motifs is 2. The molecule has 58 heavy (non-hydrogen) atoms. The van der Waals surface area contributed by atoms with Crippen LogP contribution < -0.4 is 0 Å². The Kier molecular flexibility index (Phi) is 10.3. The molecule has 0 atom stereocenters. The number of imidazole rings is 1. The summed E-state index contributed by atoms with van der Waals surface area (Å²) in [5.74, 6) is 0.806. The van der Waals surface area contributed by atoms with Crippen molar-refractivity contribution in [2.24, 2.45) is 0 Å². The molecule has 3 aromatic heterocycles. The van der Waals surface area contributed by atoms with Crippen LogP contribution in [0.3, 0.4) is 0 Å². The van der Waals surface area contributed by atoms with E-state index in [2.05, 4.69) is 168 Å². The molecule has 0 aliphatic heterocycles. The van der Waals surface area contributed by atoms with E-state index in [4.69, 9.17) is 13.5 Å². The van der Waals surface area contributed by atoms with Crippen LogP contribution in [-0.4, -0.2) is 14.5 Å². The summed E-state index contributed by atoms with van der Waals surface area (Å²) in [5, 5.41) is 1.00. The van der Waals surface area contributed by atoms with Crippen molar-refractivity contribution in [3.8, 4) is 50.6 Å². The second-order valence-corrected chi connectivity index (χ2v) is 14.0. The molecule has 7 aromatic carbocycles. The van der Waals surface area contributed by atoms with Crippen molar-refractivity contribution in [1.29, 1.82) is 0 Å². The van der Waals surface area contributed by atoms with Crippen molar-refractivity contribution >= 4 is 22.0 Å². The van der Waals surface area contributed by atoms with Gasteiger partial charge in [-0.15, -0.1) is 35.9 Å². The van der Waals surface area contributed by atoms with Crippen LogP contribution in [0.4, 0.5) is 0 Å². The number of hydrogen-bond acceptors (Lipinski definition) is 3. The quantitative estimate of drug-likeness (QED) is 0.150. The van der Waals surface area contributed by atoms with Gasteiger partial charge in [0.25, 0.3) is 0 Å². The summed E-state index contributed by atoms with van der Waals surface area (Å²) < 4.78 is 30.1. The summed E-state index contributed by atoms with van der Waals surface area (Å²) in [5.41, 5.74) is 14.8. The smallest absolute Gasteiger partial charge is 0.0774 e. The third-order valence-corrected chi connectivity index (χ3v) is 10.0. The predicted molar refractivity (Wildman–Crippen MR) is 233 cm³/mol. The first-order chi connectivity index (χ1) is 29.3. The molecular formula is C53H39IrN3O-2. The zero-order valence-corrected chi connectivity index (χ0v) is 34.1. The fraction of sp³-hybridized carbons (Fsp3) is 0.0566. The van der Waals surface area contributed by atoms with Crippen LogP contribution in [0.1, 0.15) is 26.4 Å². The van der Waals surface area contributed by atoms with Gasteiger partial charge in [-0.05, 0) is 78.0 Å². The molecule has 0 spiro atoms. The first kappa shape index (κ1) is 34.6. The third-order valence-electron chi connectivity index (χ3n) is 10.0. The number of rotatable bonds is 7. The van der Waals surface area contributed by atoms with E-state index in [0.717, 1.165) is 79.0 Å². The van der Waals surface area contributed by atoms with E-state index < -0.39 is 6.85 Å². The van der Waals surface area contributed by atoms with Crippen LogP contribution in [-0.2, 0) is 26.5 Å². The Labute approximate surface area is 357 Å². The number of nitrogens with zero attached hydrogens (tertiary/aromatic N) is 3. The zero-order chi connectivity index (χ0) is 41.1. The average molecular weight is 929 g/mol. The Balaban J connectivity index is 0.000000255. The molecule has 10 aromatic rings. The summed E-state index contributed by atoms with van der Waals surface area (Å²) in [6.07, 6.45) is 5.50. The minimum absolute atomic E-state index is 0. The van der Waals surface area contributed by atoms with Gasteiger partial charge in [0.05, 0.1) is 22.5 Å². The maximum atomic E-state index is 7.23. The van der Waals surface area contributed by atoms with Crippen molar-refractivity contribution in [1.82, 2.24) is 14.5 Å². The van der Waals surface area contributed by atoms with Gasteiger partial charge in [0.15, 0.2) is 0 Å². The number of benzene rings is 7. The van der Waals surface area contributed by atoms with Crippen LogP contribution in [0.2, 0.25) is 0 Å². The van der Waals surface area contributed by atoms with E-state index in [0.29, 0.717) is 0 Å². The van der Waals surface area contributed by atoms with E-state index in [1.807, 2.05) is 24.3 Å². The zero-order valence-electron chi connectivity index (χ0n) is 34.7. The second kappa shape index (κ2) is 17.2. The Bertz CT molecular complexity index is 2980. The number of furan rings is 1. The van der Waals surface area contributed by atoms with Gasteiger partial charge < -0.3 is 14.0 Å². The summed E-state index contributed by atoms with van der Waals surface area (Å²) in [7, 11) is 0. The molecule has 0 unspecified atom stereocenters. The van der Waals surface area contributed by atoms with Gasteiger partial charge in [0.1, 0.15) is 0 Å². The van der Waals surface area contributed by atoms with Crippen LogP contribution in [0, 0.1) is 26.1 Å². The average Bonchev–Trinajstić information content (AvgIpc) is 3.88. The molecule has 0 aliphatic carbocycles. The molecule has 0 fully saturated rings. The largest absolute Gasteiger partial charge is 0.557 e. The van der Waals surface area contributed by atoms with Crippen molar-refractivity contribution in [2.75, 3.05) is 0 Å². The molecule has 0 saturated carbocycles. The summed E-state index contributed by atoms with van der Waals surface area (Å²) in [6.45, 7) is 0.0765. The minimum atomic E-state index is -2.09. The van der Waals surface area contributed by atoms with Gasteiger partial charge in [0, 0.05) is 53.4 Å². The maximum absolute atomic E-state index is 7.23. The van der Waals surface area contributed by atoms with E-state index in [1.165, 1.54) is 22.9 Å². The molecule has 4 nitrogen and oxygen atoms in total. The molecule has 0 amide bonds. The van der Waals surface area contributed by atoms with Crippen molar-refractivity contribution in [2.45, 2.75) is 20.2 Å². The van der Waals surface area contributed by atoms with E-state index in [1.54, 1.807) is 18.2 Å². The first-order valence-corrected chi connectivity index (χ1v) is 18.9. The van der Waals surface area contributed by atoms with Gasteiger partial charge in [-0.2, -0.15) is 0 Å². The maximum Gasteiger partial charge on any atom is 0.0774 e. The van der Waals surface area contributed by atoms with Crippen molar-refractivity contribution in [3.63, 3.8) is 0 Å². The summed E-state index contributed by atoms with van der Waals surface area (Å²) >= 11 is 0. The van der Waals surface area contributed by atoms with Gasteiger partial charge in [0.2, 0.25) is 0 Å². The Morgan fingerprint density at radius 1 is 0.655 bits per heavy atom. The predicted octanol–water partition coefficient (Wildman–Crippen LogP) is 13.3. The Morgan fingerprint density at radius 2 is 1.33 bits per heavy atom. The van der Waals surface area contributed by atoms with Crippen molar-refractivity contribution in [3.05, 3.63) is 223 Å². The molecule has 0 saturated heterocycles. The van der Waals surface area contributed by atoms with E-state index >= 15 is 0 Å². The number of pyridine rings is 1. The number of aromatic nitrogens is 3. The molecule has 0 N–H and O–H groups in total. The topological polar surface area (TPSA) is 43.9 Å². The van der Waals surface area contributed by atoms with E-state index in [-0.39, 0.29) is 25.7 Å². The normalized spacial score (nSPS) is 11.8. The second-order valence-electron chi connectivity index (χ2n) is 14.0. The van der Waals surface area contributed by atoms with Crippen molar-refractivity contribution < 1.29 is 28.6 Å². The minimum Gasteiger partial charge on any atom is -0.557 e. The van der Waals surface area contributed by atoms with Crippen LogP contribution in [0.15, 0.2) is 193 Å². The summed E-state index contributed by atoms with van der Waals surface area (Å²) in [6, 6.07) is 64.9. The fourth-order valence-electron chi connectivity index (χ4n) is 7.35. The van der Waals surface area contributed by atoms with Gasteiger partial charge >= 0.3 is 0 Å². The number of hydrogen-bond donors (Lipinski definition) is 0. The van der Waals surface area contributed by atoms with Crippen LogP contribution in [0.25, 0.3) is 72.6 Å². The number of aryl methyl sites for hydroxylation is 2. The molecule has 5 heteroatoms. The molecular weight excluding hydrogens is 887 g/mol. The molecule has 1 radical (unpaired) electrons. The van der Waals surface area contributed by atoms with Gasteiger partial charge in [-0.25, -0.2) is 0 Å². The van der Waals surface area contributed by atoms with Crippen LogP contribution >= 0.6 is 0 Å². The molecule has 3 heterocycles. The van der Waals surface area contributed by atoms with Gasteiger partial charge in [-0.3, -0.25) is 4.98 Å². The Morgan fingerprint density at radius 3 is 1.98 bits per heavy atom. The first-order valence-electron chi connectivity index (χ1n) is 20.4. The van der Waals surface area contributed by atoms with Crippen LogP contribution in [0.5, 0.6) is 0 Å². The monoisotopic (exact) mass is 929 g/mol. The van der Waals surface area contributed by atoms with Gasteiger partial charge in [-0.1, -0.05) is 150 Å². The molecule has 0 bridgehead atoms. The third kappa shape index (κ3) is 7.96. The molecule has 10 rings (SSSR count). The molecule has 0 aliphatic rings.